The number of alkyl halides is 3. The molecule has 0 bridgehead atoms. The van der Waals surface area contributed by atoms with Crippen molar-refractivity contribution in [2.24, 2.45) is 10.7 Å². The summed E-state index contributed by atoms with van der Waals surface area (Å²) in [5.74, 6) is -5.11. The van der Waals surface area contributed by atoms with E-state index in [1.807, 2.05) is 0 Å². The number of hydrogen-bond donors (Lipinski definition) is 1. The smallest absolute Gasteiger partial charge is 0.335 e. The monoisotopic (exact) mass is 422 g/mol. The highest BCUT2D eigenvalue weighted by Crippen LogP contribution is 2.25. The molecular weight excluding hydrogens is 402 g/mol. The van der Waals surface area contributed by atoms with Crippen molar-refractivity contribution in [1.29, 1.82) is 0 Å². The van der Waals surface area contributed by atoms with Crippen LogP contribution in [0.25, 0.3) is 0 Å². The van der Waals surface area contributed by atoms with Crippen molar-refractivity contribution in [2.75, 3.05) is 26.7 Å². The summed E-state index contributed by atoms with van der Waals surface area (Å²) in [5, 5.41) is 0. The van der Waals surface area contributed by atoms with Gasteiger partial charge in [-0.3, -0.25) is 9.79 Å². The van der Waals surface area contributed by atoms with Crippen LogP contribution in [0.3, 0.4) is 0 Å². The summed E-state index contributed by atoms with van der Waals surface area (Å²) in [4.78, 5) is 17.8. The van der Waals surface area contributed by atoms with Gasteiger partial charge >= 0.3 is 6.18 Å². The minimum absolute atomic E-state index is 0.0147. The van der Waals surface area contributed by atoms with Gasteiger partial charge in [-0.1, -0.05) is 6.58 Å². The zero-order valence-corrected chi connectivity index (χ0v) is 15.6. The topological polar surface area (TPSA) is 61.9 Å². The molecule has 0 saturated carbocycles. The lowest BCUT2D eigenvalue weighted by molar-refractivity contribution is -0.132. The van der Waals surface area contributed by atoms with E-state index in [1.165, 1.54) is 4.90 Å². The van der Waals surface area contributed by atoms with Crippen LogP contribution in [0.2, 0.25) is 0 Å². The van der Waals surface area contributed by atoms with Crippen molar-refractivity contribution in [3.8, 4) is 0 Å². The average Bonchev–Trinajstić information content (AvgIpc) is 2.60. The van der Waals surface area contributed by atoms with Gasteiger partial charge in [0.1, 0.15) is 5.82 Å². The number of piperazine rings is 1. The Morgan fingerprint density at radius 3 is 2.38 bits per heavy atom. The van der Waals surface area contributed by atoms with Crippen LogP contribution in [0.4, 0.5) is 26.3 Å². The quantitative estimate of drug-likeness (QED) is 0.351. The number of aliphatic imine (C=N–C) groups is 1. The minimum atomic E-state index is -4.65. The lowest BCUT2D eigenvalue weighted by Crippen LogP contribution is -2.52. The molecule has 1 aromatic carbocycles. The molecule has 1 aliphatic rings. The highest BCUT2D eigenvalue weighted by molar-refractivity contribution is 5.89. The van der Waals surface area contributed by atoms with Crippen LogP contribution in [0, 0.1) is 17.5 Å². The third kappa shape index (κ3) is 5.49. The maximum absolute atomic E-state index is 13.7. The Hall–Kier alpha value is -2.56. The third-order valence-electron chi connectivity index (χ3n) is 4.43. The molecular formula is C18H20F6N4O. The van der Waals surface area contributed by atoms with Crippen molar-refractivity contribution >= 4 is 11.7 Å². The normalized spacial score (nSPS) is 17.0. The molecule has 1 amide bonds. The summed E-state index contributed by atoms with van der Waals surface area (Å²) >= 11 is 0. The number of hydrogen-bond acceptors (Lipinski definition) is 3. The van der Waals surface area contributed by atoms with Gasteiger partial charge in [-0.15, -0.1) is 0 Å². The molecule has 0 spiro atoms. The van der Waals surface area contributed by atoms with Crippen LogP contribution >= 0.6 is 0 Å². The predicted octanol–water partition coefficient (Wildman–Crippen LogP) is 2.61. The van der Waals surface area contributed by atoms with E-state index < -0.39 is 41.4 Å². The van der Waals surface area contributed by atoms with Gasteiger partial charge in [0.2, 0.25) is 11.7 Å². The molecule has 2 rings (SSSR count). The summed E-state index contributed by atoms with van der Waals surface area (Å²) in [6, 6.07) is 0.185. The summed E-state index contributed by atoms with van der Waals surface area (Å²) in [7, 11) is 1.02. The van der Waals surface area contributed by atoms with Gasteiger partial charge < -0.3 is 15.5 Å². The fourth-order valence-electron chi connectivity index (χ4n) is 3.06. The number of nitrogens with two attached hydrogens (primary N) is 1. The molecule has 0 aromatic heterocycles. The molecule has 1 atom stereocenters. The third-order valence-corrected chi connectivity index (χ3v) is 4.43. The largest absolute Gasteiger partial charge is 0.449 e. The van der Waals surface area contributed by atoms with Crippen molar-refractivity contribution in [3.05, 3.63) is 47.4 Å². The van der Waals surface area contributed by atoms with E-state index in [4.69, 9.17) is 5.73 Å². The van der Waals surface area contributed by atoms with Crippen molar-refractivity contribution in [3.63, 3.8) is 0 Å². The second-order valence-electron chi connectivity index (χ2n) is 6.60. The lowest BCUT2D eigenvalue weighted by atomic mass is 10.0. The number of amidine groups is 1. The van der Waals surface area contributed by atoms with Crippen LogP contribution in [0.15, 0.2) is 29.4 Å². The molecule has 0 aliphatic carbocycles. The van der Waals surface area contributed by atoms with E-state index in [1.54, 1.807) is 0 Å². The first-order valence-electron chi connectivity index (χ1n) is 8.60. The molecule has 11 heteroatoms. The first kappa shape index (κ1) is 22.7. The van der Waals surface area contributed by atoms with Gasteiger partial charge in [0, 0.05) is 44.4 Å². The Labute approximate surface area is 163 Å². The number of carbonyl (C=O) groups excluding carboxylic acids is 1. The minimum Gasteiger partial charge on any atom is -0.335 e. The maximum Gasteiger partial charge on any atom is 0.449 e. The number of benzene rings is 1. The number of rotatable bonds is 4. The Balaban J connectivity index is 1.97. The van der Waals surface area contributed by atoms with Crippen LogP contribution in [0.1, 0.15) is 12.0 Å². The van der Waals surface area contributed by atoms with Crippen LogP contribution in [-0.2, 0) is 11.2 Å². The molecule has 1 saturated heterocycles. The number of amides is 1. The molecule has 5 nitrogen and oxygen atoms in total. The first-order valence-corrected chi connectivity index (χ1v) is 8.60. The summed E-state index contributed by atoms with van der Waals surface area (Å²) in [5.41, 5.74) is 5.70. The van der Waals surface area contributed by atoms with Gasteiger partial charge in [-0.05, 0) is 18.1 Å². The van der Waals surface area contributed by atoms with Crippen molar-refractivity contribution in [2.45, 2.75) is 25.1 Å². The Morgan fingerprint density at radius 1 is 1.21 bits per heavy atom. The molecule has 1 fully saturated rings. The maximum atomic E-state index is 13.7. The molecule has 1 aromatic rings. The highest BCUT2D eigenvalue weighted by atomic mass is 19.4. The fraction of sp³-hybridized carbons (Fsp3) is 0.444. The van der Waals surface area contributed by atoms with Crippen molar-refractivity contribution in [1.82, 2.24) is 9.80 Å². The molecule has 0 radical (unpaired) electrons. The van der Waals surface area contributed by atoms with Gasteiger partial charge in [-0.2, -0.15) is 13.2 Å². The van der Waals surface area contributed by atoms with Crippen molar-refractivity contribution < 1.29 is 31.1 Å². The Bertz CT molecular complexity index is 823. The zero-order valence-electron chi connectivity index (χ0n) is 15.6. The van der Waals surface area contributed by atoms with Gasteiger partial charge in [-0.25, -0.2) is 13.2 Å². The second kappa shape index (κ2) is 8.85. The van der Waals surface area contributed by atoms with E-state index in [2.05, 4.69) is 11.6 Å². The van der Waals surface area contributed by atoms with Gasteiger partial charge in [0.15, 0.2) is 11.6 Å². The number of nitrogens with zero attached hydrogens (tertiary/aromatic N) is 3. The van der Waals surface area contributed by atoms with Crippen LogP contribution in [0.5, 0.6) is 0 Å². The Morgan fingerprint density at radius 2 is 1.83 bits per heavy atom. The number of carbonyl (C=O) groups is 1. The van der Waals surface area contributed by atoms with E-state index in [9.17, 15) is 31.1 Å². The SMILES string of the molecule is C=C1CN(C(=O)C[C@H](N)Cc2cc(F)c(F)cc2F)CCN1C(=NC)C(F)(F)F. The standard InChI is InChI=1S/C18H20F6N4O/c1-10-9-27(3-4-28(10)17(26-2)18(22,23)24)16(29)7-12(25)5-11-6-14(20)15(21)8-13(11)19/h6,8,12H,1,3-5,7,9,25H2,2H3/t12-/m1/s1. The van der Waals surface area contributed by atoms with E-state index in [0.29, 0.717) is 12.1 Å². The molecule has 29 heavy (non-hydrogen) atoms. The summed E-state index contributed by atoms with van der Waals surface area (Å²) in [6.07, 6.45) is -5.11. The van der Waals surface area contributed by atoms with E-state index in [-0.39, 0.29) is 43.7 Å². The second-order valence-corrected chi connectivity index (χ2v) is 6.60. The predicted molar refractivity (Wildman–Crippen MR) is 94.5 cm³/mol. The van der Waals surface area contributed by atoms with Crippen LogP contribution in [-0.4, -0.2) is 60.4 Å². The first-order chi connectivity index (χ1) is 13.4. The average molecular weight is 422 g/mol. The highest BCUT2D eigenvalue weighted by Gasteiger charge is 2.41. The Kier molecular flexibility index (Phi) is 6.93. The molecule has 2 N–H and O–H groups in total. The molecule has 1 heterocycles. The summed E-state index contributed by atoms with van der Waals surface area (Å²) in [6.45, 7) is 3.26. The number of halogens is 6. The van der Waals surface area contributed by atoms with Gasteiger partial charge in [0.25, 0.3) is 0 Å². The zero-order chi connectivity index (χ0) is 21.9. The molecule has 0 unspecified atom stereocenters. The van der Waals surface area contributed by atoms with E-state index >= 15 is 0 Å². The summed E-state index contributed by atoms with van der Waals surface area (Å²) < 4.78 is 79.0. The molecule has 160 valence electrons. The lowest BCUT2D eigenvalue weighted by Gasteiger charge is -2.38. The molecule has 1 aliphatic heterocycles. The van der Waals surface area contributed by atoms with E-state index in [0.717, 1.165) is 11.9 Å². The fourth-order valence-corrected chi connectivity index (χ4v) is 3.06. The van der Waals surface area contributed by atoms with Gasteiger partial charge in [0.05, 0.1) is 6.54 Å². The van der Waals surface area contributed by atoms with Crippen LogP contribution < -0.4 is 5.73 Å².